The lowest BCUT2D eigenvalue weighted by molar-refractivity contribution is 0.145. The zero-order chi connectivity index (χ0) is 9.78. The van der Waals surface area contributed by atoms with Gasteiger partial charge in [0.2, 0.25) is 0 Å². The van der Waals surface area contributed by atoms with Gasteiger partial charge in [-0.2, -0.15) is 0 Å². The Hall–Kier alpha value is -0.0400. The van der Waals surface area contributed by atoms with Crippen LogP contribution in [0, 0.1) is 11.3 Å². The van der Waals surface area contributed by atoms with Crippen LogP contribution in [0.15, 0.2) is 0 Å². The quantitative estimate of drug-likeness (QED) is 0.690. The molecule has 2 unspecified atom stereocenters. The third-order valence-electron chi connectivity index (χ3n) is 2.65. The van der Waals surface area contributed by atoms with Gasteiger partial charge < -0.3 is 5.11 Å². The summed E-state index contributed by atoms with van der Waals surface area (Å²) >= 11 is 0. The average molecular weight is 172 g/mol. The highest BCUT2D eigenvalue weighted by atomic mass is 16.3. The van der Waals surface area contributed by atoms with E-state index in [1.807, 2.05) is 6.92 Å². The van der Waals surface area contributed by atoms with Crippen molar-refractivity contribution in [2.45, 2.75) is 60.0 Å². The minimum Gasteiger partial charge on any atom is -0.393 e. The molecule has 2 atom stereocenters. The van der Waals surface area contributed by atoms with E-state index in [4.69, 9.17) is 5.11 Å². The molecule has 0 bridgehead atoms. The summed E-state index contributed by atoms with van der Waals surface area (Å²) < 4.78 is 0. The van der Waals surface area contributed by atoms with Crippen molar-refractivity contribution >= 4 is 0 Å². The maximum atomic E-state index is 9.16. The molecule has 0 aromatic rings. The third kappa shape index (κ3) is 4.76. The van der Waals surface area contributed by atoms with Crippen molar-refractivity contribution in [1.82, 2.24) is 0 Å². The minimum absolute atomic E-state index is 0.138. The van der Waals surface area contributed by atoms with E-state index in [0.29, 0.717) is 5.41 Å². The highest BCUT2D eigenvalue weighted by Gasteiger charge is 2.22. The summed E-state index contributed by atoms with van der Waals surface area (Å²) in [6.45, 7) is 10.9. The van der Waals surface area contributed by atoms with Gasteiger partial charge in [0.1, 0.15) is 0 Å². The van der Waals surface area contributed by atoms with Gasteiger partial charge in [0.15, 0.2) is 0 Å². The fraction of sp³-hybridized carbons (Fsp3) is 1.00. The molecule has 0 aromatic heterocycles. The van der Waals surface area contributed by atoms with Gasteiger partial charge >= 0.3 is 0 Å². The predicted molar refractivity (Wildman–Crippen MR) is 54.2 cm³/mol. The van der Waals surface area contributed by atoms with Crippen LogP contribution < -0.4 is 0 Å². The second-order valence-corrected chi connectivity index (χ2v) is 4.90. The van der Waals surface area contributed by atoms with Crippen LogP contribution in [0.4, 0.5) is 0 Å². The van der Waals surface area contributed by atoms with Crippen LogP contribution in [0.5, 0.6) is 0 Å². The minimum atomic E-state index is -0.138. The SMILES string of the molecule is CCC(CCC(C)O)C(C)(C)C. The van der Waals surface area contributed by atoms with Crippen LogP contribution in [0.3, 0.4) is 0 Å². The number of aliphatic hydroxyl groups is 1. The van der Waals surface area contributed by atoms with Gasteiger partial charge in [0.25, 0.3) is 0 Å². The molecule has 0 aliphatic rings. The first-order valence-corrected chi connectivity index (χ1v) is 5.06. The van der Waals surface area contributed by atoms with Crippen LogP contribution in [0.1, 0.15) is 53.9 Å². The van der Waals surface area contributed by atoms with Crippen LogP contribution in [-0.2, 0) is 0 Å². The van der Waals surface area contributed by atoms with Gasteiger partial charge in [-0.15, -0.1) is 0 Å². The monoisotopic (exact) mass is 172 g/mol. The molecule has 0 fully saturated rings. The maximum absolute atomic E-state index is 9.16. The van der Waals surface area contributed by atoms with Gasteiger partial charge in [-0.1, -0.05) is 34.1 Å². The second-order valence-electron chi connectivity index (χ2n) is 4.90. The topological polar surface area (TPSA) is 20.2 Å². The van der Waals surface area contributed by atoms with Gasteiger partial charge in [0.05, 0.1) is 6.10 Å². The fourth-order valence-corrected chi connectivity index (χ4v) is 1.69. The molecule has 12 heavy (non-hydrogen) atoms. The van der Waals surface area contributed by atoms with E-state index in [1.165, 1.54) is 6.42 Å². The van der Waals surface area contributed by atoms with E-state index in [2.05, 4.69) is 27.7 Å². The molecule has 0 saturated heterocycles. The van der Waals surface area contributed by atoms with E-state index < -0.39 is 0 Å². The third-order valence-corrected chi connectivity index (χ3v) is 2.65. The molecule has 1 heteroatoms. The Morgan fingerprint density at radius 2 is 1.67 bits per heavy atom. The molecule has 1 N–H and O–H groups in total. The highest BCUT2D eigenvalue weighted by molar-refractivity contribution is 4.73. The van der Waals surface area contributed by atoms with E-state index in [9.17, 15) is 0 Å². The molecule has 0 spiro atoms. The summed E-state index contributed by atoms with van der Waals surface area (Å²) in [5.41, 5.74) is 0.393. The summed E-state index contributed by atoms with van der Waals surface area (Å²) in [5, 5.41) is 9.16. The van der Waals surface area contributed by atoms with Gasteiger partial charge in [0, 0.05) is 0 Å². The Balaban J connectivity index is 3.84. The van der Waals surface area contributed by atoms with Crippen LogP contribution in [0.25, 0.3) is 0 Å². The Morgan fingerprint density at radius 1 is 1.17 bits per heavy atom. The molecule has 74 valence electrons. The molecule has 0 aliphatic heterocycles. The van der Waals surface area contributed by atoms with Crippen molar-refractivity contribution in [3.05, 3.63) is 0 Å². The predicted octanol–water partition coefficient (Wildman–Crippen LogP) is 3.22. The standard InChI is InChI=1S/C11H24O/c1-6-10(11(3,4)5)8-7-9(2)12/h9-10,12H,6-8H2,1-5H3. The molecule has 0 amide bonds. The van der Waals surface area contributed by atoms with Crippen molar-refractivity contribution in [2.75, 3.05) is 0 Å². The van der Waals surface area contributed by atoms with Gasteiger partial charge in [-0.05, 0) is 31.1 Å². The molecular weight excluding hydrogens is 148 g/mol. The lowest BCUT2D eigenvalue weighted by Crippen LogP contribution is -2.20. The first-order chi connectivity index (χ1) is 5.38. The van der Waals surface area contributed by atoms with E-state index in [1.54, 1.807) is 0 Å². The summed E-state index contributed by atoms with van der Waals surface area (Å²) in [7, 11) is 0. The van der Waals surface area contributed by atoms with Crippen molar-refractivity contribution in [1.29, 1.82) is 0 Å². The summed E-state index contributed by atoms with van der Waals surface area (Å²) in [6.07, 6.45) is 3.17. The van der Waals surface area contributed by atoms with Crippen molar-refractivity contribution in [3.8, 4) is 0 Å². The molecule has 0 aromatic carbocycles. The Morgan fingerprint density at radius 3 is 1.92 bits per heavy atom. The lowest BCUT2D eigenvalue weighted by atomic mass is 9.76. The Labute approximate surface area is 77.2 Å². The number of hydrogen-bond donors (Lipinski definition) is 1. The number of hydrogen-bond acceptors (Lipinski definition) is 1. The second kappa shape index (κ2) is 4.86. The van der Waals surface area contributed by atoms with Crippen LogP contribution in [0.2, 0.25) is 0 Å². The zero-order valence-corrected chi connectivity index (χ0v) is 9.22. The first kappa shape index (κ1) is 12.0. The molecule has 0 heterocycles. The Kier molecular flexibility index (Phi) is 4.84. The van der Waals surface area contributed by atoms with Crippen molar-refractivity contribution < 1.29 is 5.11 Å². The molecule has 0 rings (SSSR count). The lowest BCUT2D eigenvalue weighted by Gasteiger charge is -2.30. The van der Waals surface area contributed by atoms with Gasteiger partial charge in [-0.25, -0.2) is 0 Å². The molecular formula is C11H24O. The molecule has 1 nitrogen and oxygen atoms in total. The maximum Gasteiger partial charge on any atom is 0.0512 e. The highest BCUT2D eigenvalue weighted by Crippen LogP contribution is 2.32. The molecule has 0 saturated carbocycles. The summed E-state index contributed by atoms with van der Waals surface area (Å²) in [4.78, 5) is 0. The molecule has 0 aliphatic carbocycles. The van der Waals surface area contributed by atoms with E-state index in [-0.39, 0.29) is 6.10 Å². The summed E-state index contributed by atoms with van der Waals surface area (Å²) in [5.74, 6) is 0.743. The van der Waals surface area contributed by atoms with E-state index in [0.717, 1.165) is 18.8 Å². The van der Waals surface area contributed by atoms with Crippen LogP contribution in [-0.4, -0.2) is 11.2 Å². The zero-order valence-electron chi connectivity index (χ0n) is 9.22. The van der Waals surface area contributed by atoms with Gasteiger partial charge in [-0.3, -0.25) is 0 Å². The summed E-state index contributed by atoms with van der Waals surface area (Å²) in [6, 6.07) is 0. The number of aliphatic hydroxyl groups excluding tert-OH is 1. The normalized spacial score (nSPS) is 17.5. The van der Waals surface area contributed by atoms with E-state index >= 15 is 0 Å². The van der Waals surface area contributed by atoms with Crippen LogP contribution >= 0.6 is 0 Å². The smallest absolute Gasteiger partial charge is 0.0512 e. The van der Waals surface area contributed by atoms with Crippen molar-refractivity contribution in [3.63, 3.8) is 0 Å². The fourth-order valence-electron chi connectivity index (χ4n) is 1.69. The Bertz CT molecular complexity index is 111. The number of rotatable bonds is 4. The average Bonchev–Trinajstić information content (AvgIpc) is 1.85. The largest absolute Gasteiger partial charge is 0.393 e. The molecule has 0 radical (unpaired) electrons. The first-order valence-electron chi connectivity index (χ1n) is 5.06. The van der Waals surface area contributed by atoms with Crippen molar-refractivity contribution in [2.24, 2.45) is 11.3 Å².